The Morgan fingerprint density at radius 1 is 1.15 bits per heavy atom. The fourth-order valence-electron chi connectivity index (χ4n) is 4.03. The number of aryl methyl sites for hydroxylation is 1. The maximum Gasteiger partial charge on any atom is 0.254 e. The van der Waals surface area contributed by atoms with Crippen LogP contribution in [0.5, 0.6) is 11.5 Å². The van der Waals surface area contributed by atoms with Gasteiger partial charge in [0.15, 0.2) is 5.16 Å². The molecule has 10 heteroatoms. The second kappa shape index (κ2) is 10.6. The topological polar surface area (TPSA) is 98.6 Å². The molecular weight excluding hydrogens is 454 g/mol. The lowest BCUT2D eigenvalue weighted by Gasteiger charge is -2.27. The minimum Gasteiger partial charge on any atom is -0.497 e. The molecule has 0 radical (unpaired) electrons. The highest BCUT2D eigenvalue weighted by atomic mass is 32.2. The van der Waals surface area contributed by atoms with E-state index in [9.17, 15) is 9.59 Å². The van der Waals surface area contributed by atoms with Crippen LogP contribution >= 0.6 is 11.8 Å². The van der Waals surface area contributed by atoms with Crippen molar-refractivity contribution < 1.29 is 19.1 Å². The molecule has 0 spiro atoms. The molecule has 3 aromatic rings. The summed E-state index contributed by atoms with van der Waals surface area (Å²) in [6.45, 7) is 0.668. The van der Waals surface area contributed by atoms with Crippen molar-refractivity contribution in [2.24, 2.45) is 7.05 Å². The van der Waals surface area contributed by atoms with Crippen LogP contribution < -0.4 is 14.8 Å². The van der Waals surface area contributed by atoms with Crippen molar-refractivity contribution in [2.75, 3.05) is 31.8 Å². The van der Waals surface area contributed by atoms with Gasteiger partial charge in [-0.1, -0.05) is 11.8 Å². The van der Waals surface area contributed by atoms with E-state index in [-0.39, 0.29) is 23.6 Å². The number of aromatic nitrogens is 3. The number of methoxy groups -OCH3 is 2. The van der Waals surface area contributed by atoms with E-state index in [1.807, 2.05) is 30.1 Å². The Labute approximate surface area is 202 Å². The number of nitrogens with zero attached hydrogens (tertiary/aromatic N) is 4. The number of ether oxygens (including phenoxy) is 2. The number of hydrogen-bond acceptors (Lipinski definition) is 7. The monoisotopic (exact) mass is 481 g/mol. The minimum atomic E-state index is -0.156. The maximum absolute atomic E-state index is 13.3. The van der Waals surface area contributed by atoms with Crippen molar-refractivity contribution in [2.45, 2.75) is 24.0 Å². The molecule has 34 heavy (non-hydrogen) atoms. The number of benzene rings is 2. The minimum absolute atomic E-state index is 0.0527. The first kappa shape index (κ1) is 23.6. The summed E-state index contributed by atoms with van der Waals surface area (Å²) in [6, 6.07) is 12.5. The van der Waals surface area contributed by atoms with Crippen LogP contribution in [0.1, 0.15) is 34.8 Å². The van der Waals surface area contributed by atoms with E-state index in [1.54, 1.807) is 49.4 Å². The zero-order valence-corrected chi connectivity index (χ0v) is 20.2. The molecule has 1 N–H and O–H groups in total. The number of nitrogens with one attached hydrogen (secondary N) is 1. The number of carbonyl (C=O) groups is 2. The summed E-state index contributed by atoms with van der Waals surface area (Å²) in [5.41, 5.74) is 2.14. The first-order chi connectivity index (χ1) is 16.5. The van der Waals surface area contributed by atoms with E-state index >= 15 is 0 Å². The van der Waals surface area contributed by atoms with Crippen LogP contribution in [0.15, 0.2) is 53.9 Å². The molecule has 1 aliphatic heterocycles. The van der Waals surface area contributed by atoms with Gasteiger partial charge in [-0.2, -0.15) is 0 Å². The van der Waals surface area contributed by atoms with Gasteiger partial charge in [-0.25, -0.2) is 0 Å². The molecule has 2 aromatic carbocycles. The van der Waals surface area contributed by atoms with Crippen molar-refractivity contribution in [1.82, 2.24) is 19.7 Å². The van der Waals surface area contributed by atoms with Gasteiger partial charge in [0.2, 0.25) is 5.91 Å². The molecule has 9 nitrogen and oxygen atoms in total. The highest BCUT2D eigenvalue weighted by Gasteiger charge is 2.32. The maximum atomic E-state index is 13.3. The van der Waals surface area contributed by atoms with Crippen LogP contribution in [0, 0.1) is 0 Å². The van der Waals surface area contributed by atoms with Gasteiger partial charge in [0.1, 0.15) is 17.8 Å². The van der Waals surface area contributed by atoms with Crippen LogP contribution in [0.2, 0.25) is 0 Å². The molecule has 0 aliphatic carbocycles. The predicted molar refractivity (Wildman–Crippen MR) is 129 cm³/mol. The van der Waals surface area contributed by atoms with E-state index in [0.717, 1.165) is 29.9 Å². The van der Waals surface area contributed by atoms with Crippen molar-refractivity contribution in [3.63, 3.8) is 0 Å². The largest absolute Gasteiger partial charge is 0.497 e. The van der Waals surface area contributed by atoms with Crippen LogP contribution in [-0.4, -0.2) is 58.0 Å². The second-order valence-corrected chi connectivity index (χ2v) is 8.85. The zero-order chi connectivity index (χ0) is 24.1. The standard InChI is InChI=1S/C24H27N5O4S/c1-28-15-25-27-24(28)34-14-22(30)26-17-8-6-16(7-9-17)23(31)29-12-4-5-20(29)19-13-18(32-2)10-11-21(19)33-3/h6-11,13,15,20H,4-5,12,14H2,1-3H3,(H,26,30)/t20-/m0/s1. The molecule has 1 atom stereocenters. The summed E-state index contributed by atoms with van der Waals surface area (Å²) in [7, 11) is 5.08. The molecule has 1 aliphatic rings. The summed E-state index contributed by atoms with van der Waals surface area (Å²) in [5, 5.41) is 11.3. The Hall–Kier alpha value is -3.53. The van der Waals surface area contributed by atoms with Gasteiger partial charge in [0.25, 0.3) is 5.91 Å². The average molecular weight is 482 g/mol. The SMILES string of the molecule is COc1ccc(OC)c([C@@H]2CCCN2C(=O)c2ccc(NC(=O)CSc3nncn3C)cc2)c1. The van der Waals surface area contributed by atoms with E-state index in [0.29, 0.717) is 23.0 Å². The van der Waals surface area contributed by atoms with Crippen LogP contribution in [0.25, 0.3) is 0 Å². The fourth-order valence-corrected chi connectivity index (χ4v) is 4.71. The Kier molecular flexibility index (Phi) is 7.36. The number of amides is 2. The normalized spacial score (nSPS) is 15.3. The summed E-state index contributed by atoms with van der Waals surface area (Å²) >= 11 is 1.31. The van der Waals surface area contributed by atoms with E-state index in [4.69, 9.17) is 9.47 Å². The number of hydrogen-bond donors (Lipinski definition) is 1. The zero-order valence-electron chi connectivity index (χ0n) is 19.4. The van der Waals surface area contributed by atoms with Gasteiger partial charge in [0, 0.05) is 30.4 Å². The van der Waals surface area contributed by atoms with Crippen molar-refractivity contribution in [1.29, 1.82) is 0 Å². The lowest BCUT2D eigenvalue weighted by atomic mass is 10.0. The van der Waals surface area contributed by atoms with Gasteiger partial charge in [0.05, 0.1) is 26.0 Å². The average Bonchev–Trinajstić information content (AvgIpc) is 3.51. The van der Waals surface area contributed by atoms with Gasteiger partial charge < -0.3 is 24.3 Å². The molecule has 0 bridgehead atoms. The van der Waals surface area contributed by atoms with Crippen LogP contribution in [0.4, 0.5) is 5.69 Å². The highest BCUT2D eigenvalue weighted by molar-refractivity contribution is 7.99. The van der Waals surface area contributed by atoms with E-state index in [2.05, 4.69) is 15.5 Å². The Morgan fingerprint density at radius 2 is 1.94 bits per heavy atom. The third-order valence-electron chi connectivity index (χ3n) is 5.73. The van der Waals surface area contributed by atoms with Gasteiger partial charge in [-0.05, 0) is 55.3 Å². The smallest absolute Gasteiger partial charge is 0.254 e. The van der Waals surface area contributed by atoms with Crippen molar-refractivity contribution in [3.05, 3.63) is 59.9 Å². The Balaban J connectivity index is 1.42. The lowest BCUT2D eigenvalue weighted by Crippen LogP contribution is -2.30. The number of anilines is 1. The Morgan fingerprint density at radius 3 is 2.62 bits per heavy atom. The fraction of sp³-hybridized carbons (Fsp3) is 0.333. The van der Waals surface area contributed by atoms with E-state index in [1.165, 1.54) is 11.8 Å². The molecule has 2 heterocycles. The number of thioether (sulfide) groups is 1. The summed E-state index contributed by atoms with van der Waals surface area (Å²) in [5.74, 6) is 1.47. The highest BCUT2D eigenvalue weighted by Crippen LogP contribution is 2.39. The van der Waals surface area contributed by atoms with Gasteiger partial charge in [-0.3, -0.25) is 9.59 Å². The molecule has 2 amide bonds. The lowest BCUT2D eigenvalue weighted by molar-refractivity contribution is -0.113. The molecule has 4 rings (SSSR count). The number of likely N-dealkylation sites (tertiary alicyclic amines) is 1. The third-order valence-corrected chi connectivity index (χ3v) is 6.76. The van der Waals surface area contributed by atoms with Crippen LogP contribution in [-0.2, 0) is 11.8 Å². The first-order valence-electron chi connectivity index (χ1n) is 10.9. The first-order valence-corrected chi connectivity index (χ1v) is 11.9. The van der Waals surface area contributed by atoms with E-state index < -0.39 is 0 Å². The third kappa shape index (κ3) is 5.17. The molecule has 178 valence electrons. The van der Waals surface area contributed by atoms with Gasteiger partial charge >= 0.3 is 0 Å². The summed E-state index contributed by atoms with van der Waals surface area (Å²) < 4.78 is 12.7. The quantitative estimate of drug-likeness (QED) is 0.492. The second-order valence-electron chi connectivity index (χ2n) is 7.90. The summed E-state index contributed by atoms with van der Waals surface area (Å²) in [6.07, 6.45) is 3.35. The molecule has 0 saturated carbocycles. The predicted octanol–water partition coefficient (Wildman–Crippen LogP) is 3.54. The number of rotatable bonds is 8. The molecule has 0 unspecified atom stereocenters. The van der Waals surface area contributed by atoms with Gasteiger partial charge in [-0.15, -0.1) is 10.2 Å². The molecule has 1 aromatic heterocycles. The van der Waals surface area contributed by atoms with Crippen molar-refractivity contribution in [3.8, 4) is 11.5 Å². The molecular formula is C24H27N5O4S. The molecule has 1 saturated heterocycles. The Bertz CT molecular complexity index is 1160. The molecule has 1 fully saturated rings. The van der Waals surface area contributed by atoms with Crippen molar-refractivity contribution >= 4 is 29.3 Å². The summed E-state index contributed by atoms with van der Waals surface area (Å²) in [4.78, 5) is 27.5. The van der Waals surface area contributed by atoms with Crippen LogP contribution in [0.3, 0.4) is 0 Å². The number of carbonyl (C=O) groups excluding carboxylic acids is 2.